The van der Waals surface area contributed by atoms with Gasteiger partial charge in [0.2, 0.25) is 5.91 Å². The zero-order chi connectivity index (χ0) is 20.2. The van der Waals surface area contributed by atoms with Crippen molar-refractivity contribution >= 4 is 23.5 Å². The summed E-state index contributed by atoms with van der Waals surface area (Å²) in [4.78, 5) is 38.0. The van der Waals surface area contributed by atoms with Gasteiger partial charge in [0.05, 0.1) is 12.0 Å². The zero-order valence-corrected chi connectivity index (χ0v) is 16.1. The first-order chi connectivity index (χ1) is 12.7. The van der Waals surface area contributed by atoms with E-state index in [4.69, 9.17) is 4.74 Å². The Bertz CT molecular complexity index is 766. The highest BCUT2D eigenvalue weighted by Crippen LogP contribution is 2.26. The van der Waals surface area contributed by atoms with Gasteiger partial charge in [-0.25, -0.2) is 0 Å². The largest absolute Gasteiger partial charge is 0.455 e. The van der Waals surface area contributed by atoms with Crippen LogP contribution in [-0.4, -0.2) is 36.5 Å². The van der Waals surface area contributed by atoms with E-state index in [1.165, 1.54) is 0 Å². The molecule has 0 saturated carbocycles. The summed E-state index contributed by atoms with van der Waals surface area (Å²) in [5.74, 6) is -1.99. The number of nitrogens with one attached hydrogen (secondary N) is 1. The third-order valence-electron chi connectivity index (χ3n) is 4.94. The topological polar surface area (TPSA) is 99.5 Å². The van der Waals surface area contributed by atoms with E-state index in [0.29, 0.717) is 0 Å². The summed E-state index contributed by atoms with van der Waals surface area (Å²) < 4.78 is 5.07. The molecule has 2 rings (SSSR count). The van der Waals surface area contributed by atoms with E-state index in [9.17, 15) is 19.6 Å². The van der Waals surface area contributed by atoms with Crippen molar-refractivity contribution in [2.24, 2.45) is 11.8 Å². The van der Waals surface area contributed by atoms with Gasteiger partial charge in [-0.05, 0) is 31.9 Å². The molecule has 1 fully saturated rings. The molecule has 0 aromatic heterocycles. The fourth-order valence-corrected chi connectivity index (χ4v) is 2.72. The lowest BCUT2D eigenvalue weighted by atomic mass is 9.90. The molecular formula is C20H25N3O4. The van der Waals surface area contributed by atoms with E-state index in [2.05, 4.69) is 11.4 Å². The second kappa shape index (κ2) is 8.21. The number of nitriles is 1. The quantitative estimate of drug-likeness (QED) is 0.771. The number of rotatable bonds is 6. The van der Waals surface area contributed by atoms with Crippen molar-refractivity contribution in [3.05, 3.63) is 29.8 Å². The number of hydrogen-bond donors (Lipinski definition) is 1. The number of nitrogens with zero attached hydrogens (tertiary/aromatic N) is 2. The highest BCUT2D eigenvalue weighted by atomic mass is 16.5. The molecule has 1 heterocycles. The molecule has 0 radical (unpaired) electrons. The van der Waals surface area contributed by atoms with E-state index in [-0.39, 0.29) is 24.8 Å². The molecule has 1 aliphatic rings. The lowest BCUT2D eigenvalue weighted by Gasteiger charge is -2.27. The number of esters is 1. The summed E-state index contributed by atoms with van der Waals surface area (Å²) in [5, 5.41) is 11.8. The van der Waals surface area contributed by atoms with Crippen LogP contribution < -0.4 is 10.2 Å². The van der Waals surface area contributed by atoms with Crippen molar-refractivity contribution in [2.75, 3.05) is 18.1 Å². The van der Waals surface area contributed by atoms with Crippen molar-refractivity contribution in [3.63, 3.8) is 0 Å². The van der Waals surface area contributed by atoms with Crippen LogP contribution in [0.2, 0.25) is 0 Å². The second-order valence-corrected chi connectivity index (χ2v) is 7.37. The number of anilines is 1. The SMILES string of the molecule is Cc1ccc(N2C[C@H](C(=O)OCC(=O)N[C@](C)(C#N)C(C)C)CC2=O)cc1. The van der Waals surface area contributed by atoms with Gasteiger partial charge < -0.3 is 15.0 Å². The summed E-state index contributed by atoms with van der Waals surface area (Å²) in [5.41, 5.74) is 0.785. The summed E-state index contributed by atoms with van der Waals surface area (Å²) in [7, 11) is 0. The van der Waals surface area contributed by atoms with Gasteiger partial charge in [0.1, 0.15) is 5.54 Å². The number of ether oxygens (including phenoxy) is 1. The molecule has 0 spiro atoms. The van der Waals surface area contributed by atoms with Gasteiger partial charge in [0, 0.05) is 18.7 Å². The first-order valence-corrected chi connectivity index (χ1v) is 8.92. The number of benzene rings is 1. The van der Waals surface area contributed by atoms with Crippen LogP contribution in [0.25, 0.3) is 0 Å². The standard InChI is InChI=1S/C20H25N3O4/c1-13(2)20(4,12-21)22-17(24)11-27-19(26)15-9-18(25)23(10-15)16-7-5-14(3)6-8-16/h5-8,13,15H,9-11H2,1-4H3,(H,22,24)/t15-,20-/m1/s1. The van der Waals surface area contributed by atoms with E-state index in [1.54, 1.807) is 11.8 Å². The minimum atomic E-state index is -1.03. The van der Waals surface area contributed by atoms with Gasteiger partial charge in [0.15, 0.2) is 6.61 Å². The predicted molar refractivity (Wildman–Crippen MR) is 99.6 cm³/mol. The van der Waals surface area contributed by atoms with Gasteiger partial charge >= 0.3 is 5.97 Å². The van der Waals surface area contributed by atoms with Gasteiger partial charge in [-0.1, -0.05) is 31.5 Å². The average molecular weight is 371 g/mol. The lowest BCUT2D eigenvalue weighted by molar-refractivity contribution is -0.152. The maximum absolute atomic E-state index is 12.2. The Labute approximate surface area is 159 Å². The Morgan fingerprint density at radius 3 is 2.56 bits per heavy atom. The van der Waals surface area contributed by atoms with Gasteiger partial charge in [-0.15, -0.1) is 0 Å². The molecule has 144 valence electrons. The second-order valence-electron chi connectivity index (χ2n) is 7.37. The summed E-state index contributed by atoms with van der Waals surface area (Å²) in [6, 6.07) is 9.54. The Kier molecular flexibility index (Phi) is 6.21. The average Bonchev–Trinajstić information content (AvgIpc) is 3.02. The molecule has 27 heavy (non-hydrogen) atoms. The van der Waals surface area contributed by atoms with Crippen molar-refractivity contribution < 1.29 is 19.1 Å². The molecule has 1 saturated heterocycles. The molecule has 0 unspecified atom stereocenters. The predicted octanol–water partition coefficient (Wildman–Crippen LogP) is 1.95. The monoisotopic (exact) mass is 371 g/mol. The minimum absolute atomic E-state index is 0.0518. The fraction of sp³-hybridized carbons (Fsp3) is 0.500. The van der Waals surface area contributed by atoms with Crippen molar-refractivity contribution in [1.29, 1.82) is 5.26 Å². The van der Waals surface area contributed by atoms with Gasteiger partial charge in [0.25, 0.3) is 5.91 Å². The summed E-state index contributed by atoms with van der Waals surface area (Å²) in [6.07, 6.45) is 0.0518. The third kappa shape index (κ3) is 4.85. The summed E-state index contributed by atoms with van der Waals surface area (Å²) in [6.45, 7) is 6.96. The maximum atomic E-state index is 12.2. The fourth-order valence-electron chi connectivity index (χ4n) is 2.72. The van der Waals surface area contributed by atoms with Gasteiger partial charge in [-0.3, -0.25) is 14.4 Å². The van der Waals surface area contributed by atoms with E-state index >= 15 is 0 Å². The number of aryl methyl sites for hydroxylation is 1. The van der Waals surface area contributed by atoms with Crippen molar-refractivity contribution in [1.82, 2.24) is 5.32 Å². The van der Waals surface area contributed by atoms with Crippen LogP contribution in [-0.2, 0) is 19.1 Å². The maximum Gasteiger partial charge on any atom is 0.311 e. The highest BCUT2D eigenvalue weighted by Gasteiger charge is 2.37. The Morgan fingerprint density at radius 1 is 1.37 bits per heavy atom. The molecule has 2 amide bonds. The van der Waals surface area contributed by atoms with Crippen LogP contribution in [0.15, 0.2) is 24.3 Å². The van der Waals surface area contributed by atoms with Crippen LogP contribution in [0.1, 0.15) is 32.8 Å². The van der Waals surface area contributed by atoms with Crippen molar-refractivity contribution in [3.8, 4) is 6.07 Å². The normalized spacial score (nSPS) is 18.7. The van der Waals surface area contributed by atoms with Crippen LogP contribution >= 0.6 is 0 Å². The van der Waals surface area contributed by atoms with Crippen LogP contribution in [0.5, 0.6) is 0 Å². The molecule has 7 heteroatoms. The first kappa shape index (κ1) is 20.4. The Balaban J connectivity index is 1.90. The number of carbonyl (C=O) groups is 3. The molecule has 1 aromatic carbocycles. The highest BCUT2D eigenvalue weighted by molar-refractivity contribution is 5.99. The molecule has 1 N–H and O–H groups in total. The Morgan fingerprint density at radius 2 is 2.00 bits per heavy atom. The smallest absolute Gasteiger partial charge is 0.311 e. The molecule has 1 aromatic rings. The number of amides is 2. The Hall–Kier alpha value is -2.88. The third-order valence-corrected chi connectivity index (χ3v) is 4.94. The molecular weight excluding hydrogens is 346 g/mol. The van der Waals surface area contributed by atoms with Gasteiger partial charge in [-0.2, -0.15) is 5.26 Å². The van der Waals surface area contributed by atoms with Crippen LogP contribution in [0.3, 0.4) is 0 Å². The molecule has 2 atom stereocenters. The lowest BCUT2D eigenvalue weighted by Crippen LogP contribution is -2.50. The molecule has 0 bridgehead atoms. The summed E-state index contributed by atoms with van der Waals surface area (Å²) >= 11 is 0. The van der Waals surface area contributed by atoms with E-state index < -0.39 is 29.9 Å². The molecule has 7 nitrogen and oxygen atoms in total. The van der Waals surface area contributed by atoms with Crippen LogP contribution in [0, 0.1) is 30.1 Å². The van der Waals surface area contributed by atoms with E-state index in [0.717, 1.165) is 11.3 Å². The van der Waals surface area contributed by atoms with E-state index in [1.807, 2.05) is 45.0 Å². The number of hydrogen-bond acceptors (Lipinski definition) is 5. The van der Waals surface area contributed by atoms with Crippen molar-refractivity contribution in [2.45, 2.75) is 39.7 Å². The van der Waals surface area contributed by atoms with Crippen LogP contribution in [0.4, 0.5) is 5.69 Å². The minimum Gasteiger partial charge on any atom is -0.455 e. The first-order valence-electron chi connectivity index (χ1n) is 8.92. The molecule has 1 aliphatic heterocycles. The zero-order valence-electron chi connectivity index (χ0n) is 16.1. The number of carbonyl (C=O) groups excluding carboxylic acids is 3. The molecule has 0 aliphatic carbocycles.